The Kier molecular flexibility index (Phi) is 3.41. The molecule has 0 aliphatic heterocycles. The quantitative estimate of drug-likeness (QED) is 0.473. The summed E-state index contributed by atoms with van der Waals surface area (Å²) < 4.78 is 11.6. The third-order valence-corrected chi connectivity index (χ3v) is 4.13. The Labute approximate surface area is 140 Å². The summed E-state index contributed by atoms with van der Waals surface area (Å²) >= 11 is 0. The molecule has 4 aromatic rings. The molecule has 0 unspecified atom stereocenters. The van der Waals surface area contributed by atoms with Crippen molar-refractivity contribution in [2.24, 2.45) is 0 Å². The van der Waals surface area contributed by atoms with Gasteiger partial charge in [-0.1, -0.05) is 39.8 Å². The molecule has 0 atom stereocenters. The van der Waals surface area contributed by atoms with Gasteiger partial charge < -0.3 is 8.83 Å². The van der Waals surface area contributed by atoms with Gasteiger partial charge in [0.15, 0.2) is 22.9 Å². The van der Waals surface area contributed by atoms with E-state index in [4.69, 9.17) is 8.83 Å². The van der Waals surface area contributed by atoms with Gasteiger partial charge in [0.25, 0.3) is 0 Å². The van der Waals surface area contributed by atoms with E-state index in [0.29, 0.717) is 0 Å². The van der Waals surface area contributed by atoms with Crippen molar-refractivity contribution in [3.63, 3.8) is 0 Å². The average Bonchev–Trinajstić information content (AvgIpc) is 3.17. The van der Waals surface area contributed by atoms with Crippen LogP contribution in [0.15, 0.2) is 45.2 Å². The highest BCUT2D eigenvalue weighted by molar-refractivity contribution is 5.84. The first-order valence-electron chi connectivity index (χ1n) is 8.32. The van der Waals surface area contributed by atoms with Gasteiger partial charge in [0.05, 0.1) is 0 Å². The number of hydrogen-bond donors (Lipinski definition) is 0. The van der Waals surface area contributed by atoms with Crippen LogP contribution in [0.25, 0.3) is 33.3 Å². The highest BCUT2D eigenvalue weighted by Crippen LogP contribution is 2.30. The van der Waals surface area contributed by atoms with Crippen LogP contribution in [0.2, 0.25) is 0 Å². The molecule has 2 heterocycles. The van der Waals surface area contributed by atoms with Gasteiger partial charge in [-0.2, -0.15) is 0 Å². The van der Waals surface area contributed by atoms with E-state index in [1.807, 2.05) is 12.1 Å². The molecule has 0 N–H and O–H groups in total. The first-order chi connectivity index (χ1) is 11.5. The fourth-order valence-electron chi connectivity index (χ4n) is 2.74. The fourth-order valence-corrected chi connectivity index (χ4v) is 2.74. The highest BCUT2D eigenvalue weighted by Gasteiger charge is 2.12. The number of benzene rings is 2. The lowest BCUT2D eigenvalue weighted by molar-refractivity contribution is 0.501. The van der Waals surface area contributed by atoms with Crippen molar-refractivity contribution in [3.8, 4) is 11.1 Å². The molecule has 4 rings (SSSR count). The summed E-state index contributed by atoms with van der Waals surface area (Å²) in [6.07, 6.45) is 0. The lowest BCUT2D eigenvalue weighted by Crippen LogP contribution is -1.85. The number of nitrogens with zero attached hydrogens (tertiary/aromatic N) is 2. The molecular weight excluding hydrogens is 300 g/mol. The maximum absolute atomic E-state index is 5.78. The van der Waals surface area contributed by atoms with E-state index in [9.17, 15) is 0 Å². The van der Waals surface area contributed by atoms with Crippen LogP contribution in [0, 0.1) is 0 Å². The minimum Gasteiger partial charge on any atom is -0.440 e. The van der Waals surface area contributed by atoms with Gasteiger partial charge in [0.1, 0.15) is 11.0 Å². The summed E-state index contributed by atoms with van der Waals surface area (Å²) in [6.45, 7) is 8.32. The molecule has 0 radical (unpaired) electrons. The van der Waals surface area contributed by atoms with Crippen molar-refractivity contribution >= 4 is 22.2 Å². The molecule has 4 heteroatoms. The van der Waals surface area contributed by atoms with Crippen molar-refractivity contribution < 1.29 is 8.83 Å². The molecule has 0 saturated heterocycles. The summed E-state index contributed by atoms with van der Waals surface area (Å²) in [5.41, 5.74) is 5.63. The predicted octanol–water partition coefficient (Wildman–Crippen LogP) is 5.88. The van der Waals surface area contributed by atoms with Crippen molar-refractivity contribution in [1.82, 2.24) is 9.97 Å². The van der Waals surface area contributed by atoms with Crippen molar-refractivity contribution in [2.75, 3.05) is 0 Å². The number of aromatic nitrogens is 2. The largest absolute Gasteiger partial charge is 0.440 e. The Morgan fingerprint density at radius 3 is 1.46 bits per heavy atom. The lowest BCUT2D eigenvalue weighted by Gasteiger charge is -2.00. The maximum atomic E-state index is 5.78. The first kappa shape index (κ1) is 14.9. The van der Waals surface area contributed by atoms with E-state index in [1.54, 1.807) is 0 Å². The zero-order valence-electron chi connectivity index (χ0n) is 14.3. The van der Waals surface area contributed by atoms with Crippen LogP contribution in [0.5, 0.6) is 0 Å². The Balaban J connectivity index is 1.79. The van der Waals surface area contributed by atoms with E-state index in [0.717, 1.165) is 45.1 Å². The molecule has 0 aliphatic carbocycles. The van der Waals surface area contributed by atoms with E-state index in [1.165, 1.54) is 0 Å². The molecule has 0 spiro atoms. The minimum absolute atomic E-state index is 0.279. The van der Waals surface area contributed by atoms with Crippen LogP contribution < -0.4 is 0 Å². The van der Waals surface area contributed by atoms with E-state index in [2.05, 4.69) is 61.9 Å². The van der Waals surface area contributed by atoms with Gasteiger partial charge in [-0.3, -0.25) is 0 Å². The minimum atomic E-state index is 0.279. The fraction of sp³-hybridized carbons (Fsp3) is 0.300. The summed E-state index contributed by atoms with van der Waals surface area (Å²) in [6, 6.07) is 12.2. The Hall–Kier alpha value is -2.62. The standard InChI is InChI=1S/C20H20N2O2/c1-11(2)19-21-15-9-13(5-7-17(15)23-19)14-6-8-18-16(10-14)22-20(24-18)12(3)4/h5-12H,1-4H3. The molecule has 0 fully saturated rings. The number of oxazole rings is 2. The highest BCUT2D eigenvalue weighted by atomic mass is 16.4. The van der Waals surface area contributed by atoms with Crippen LogP contribution in [-0.4, -0.2) is 9.97 Å². The second kappa shape index (κ2) is 5.48. The second-order valence-corrected chi connectivity index (χ2v) is 6.78. The van der Waals surface area contributed by atoms with Gasteiger partial charge in [0, 0.05) is 11.8 Å². The molecule has 2 aromatic carbocycles. The number of fused-ring (bicyclic) bond motifs is 2. The molecule has 0 bridgehead atoms. The third kappa shape index (κ3) is 2.48. The normalized spacial score (nSPS) is 12.1. The zero-order valence-corrected chi connectivity index (χ0v) is 14.3. The van der Waals surface area contributed by atoms with Crippen molar-refractivity contribution in [1.29, 1.82) is 0 Å². The van der Waals surface area contributed by atoms with Crippen LogP contribution in [0.1, 0.15) is 51.3 Å². The Morgan fingerprint density at radius 1 is 0.667 bits per heavy atom. The van der Waals surface area contributed by atoms with Crippen LogP contribution in [0.3, 0.4) is 0 Å². The van der Waals surface area contributed by atoms with Gasteiger partial charge in [-0.15, -0.1) is 0 Å². The Bertz CT molecular complexity index is 941. The zero-order chi connectivity index (χ0) is 16.8. The molecule has 2 aromatic heterocycles. The molecule has 122 valence electrons. The topological polar surface area (TPSA) is 52.1 Å². The van der Waals surface area contributed by atoms with Gasteiger partial charge in [-0.05, 0) is 35.4 Å². The van der Waals surface area contributed by atoms with E-state index < -0.39 is 0 Å². The molecule has 24 heavy (non-hydrogen) atoms. The third-order valence-electron chi connectivity index (χ3n) is 4.13. The number of rotatable bonds is 3. The molecular formula is C20H20N2O2. The number of hydrogen-bond acceptors (Lipinski definition) is 4. The second-order valence-electron chi connectivity index (χ2n) is 6.78. The van der Waals surface area contributed by atoms with Crippen molar-refractivity contribution in [3.05, 3.63) is 48.2 Å². The summed E-state index contributed by atoms with van der Waals surface area (Å²) in [5, 5.41) is 0. The summed E-state index contributed by atoms with van der Waals surface area (Å²) in [7, 11) is 0. The average molecular weight is 320 g/mol. The van der Waals surface area contributed by atoms with Crippen LogP contribution in [-0.2, 0) is 0 Å². The molecule has 4 nitrogen and oxygen atoms in total. The predicted molar refractivity (Wildman–Crippen MR) is 95.2 cm³/mol. The summed E-state index contributed by atoms with van der Waals surface area (Å²) in [5.74, 6) is 2.11. The summed E-state index contributed by atoms with van der Waals surface area (Å²) in [4.78, 5) is 9.17. The lowest BCUT2D eigenvalue weighted by atomic mass is 10.0. The molecule has 0 aliphatic rings. The van der Waals surface area contributed by atoms with Crippen LogP contribution in [0.4, 0.5) is 0 Å². The van der Waals surface area contributed by atoms with Gasteiger partial charge >= 0.3 is 0 Å². The van der Waals surface area contributed by atoms with Crippen LogP contribution >= 0.6 is 0 Å². The maximum Gasteiger partial charge on any atom is 0.198 e. The van der Waals surface area contributed by atoms with Gasteiger partial charge in [0.2, 0.25) is 0 Å². The van der Waals surface area contributed by atoms with E-state index in [-0.39, 0.29) is 11.8 Å². The molecule has 0 amide bonds. The SMILES string of the molecule is CC(C)c1nc2cc(-c3ccc4oc(C(C)C)nc4c3)ccc2o1. The van der Waals surface area contributed by atoms with E-state index >= 15 is 0 Å². The Morgan fingerprint density at radius 2 is 1.08 bits per heavy atom. The van der Waals surface area contributed by atoms with Gasteiger partial charge in [-0.25, -0.2) is 9.97 Å². The first-order valence-corrected chi connectivity index (χ1v) is 8.32. The van der Waals surface area contributed by atoms with Crippen molar-refractivity contribution in [2.45, 2.75) is 39.5 Å². The molecule has 0 saturated carbocycles. The monoisotopic (exact) mass is 320 g/mol. The smallest absolute Gasteiger partial charge is 0.198 e.